The largest absolute Gasteiger partial charge is 0.373 e. The van der Waals surface area contributed by atoms with Gasteiger partial charge in [-0.3, -0.25) is 4.90 Å². The molecule has 23 heavy (non-hydrogen) atoms. The first kappa shape index (κ1) is 15.1. The fourth-order valence-corrected chi connectivity index (χ4v) is 4.34. The lowest BCUT2D eigenvalue weighted by Gasteiger charge is -2.38. The van der Waals surface area contributed by atoms with E-state index < -0.39 is 0 Å². The van der Waals surface area contributed by atoms with Crippen molar-refractivity contribution in [2.45, 2.75) is 37.5 Å². The lowest BCUT2D eigenvalue weighted by atomic mass is 9.89. The van der Waals surface area contributed by atoms with Gasteiger partial charge in [-0.05, 0) is 31.4 Å². The van der Waals surface area contributed by atoms with Crippen LogP contribution in [-0.2, 0) is 11.3 Å². The fourth-order valence-electron chi connectivity index (χ4n) is 3.68. The third kappa shape index (κ3) is 3.54. The van der Waals surface area contributed by atoms with Crippen molar-refractivity contribution in [1.29, 1.82) is 0 Å². The molecule has 2 atom stereocenters. The van der Waals surface area contributed by atoms with Crippen molar-refractivity contribution < 1.29 is 4.74 Å². The second-order valence-electron chi connectivity index (χ2n) is 6.47. The molecular weight excluding hydrogens is 308 g/mol. The van der Waals surface area contributed by atoms with Crippen LogP contribution in [-0.4, -0.2) is 46.2 Å². The van der Waals surface area contributed by atoms with Crippen LogP contribution in [0.5, 0.6) is 0 Å². The number of aromatic nitrogens is 2. The number of likely N-dealkylation sites (tertiary alicyclic amines) is 1. The molecule has 2 aliphatic heterocycles. The number of nitrogens with one attached hydrogen (secondary N) is 1. The zero-order chi connectivity index (χ0) is 15.5. The molecule has 122 valence electrons. The Labute approximate surface area is 140 Å². The molecule has 6 heteroatoms. The van der Waals surface area contributed by atoms with E-state index in [1.807, 2.05) is 36.0 Å². The van der Waals surface area contributed by atoms with E-state index >= 15 is 0 Å². The maximum absolute atomic E-state index is 6.22. The van der Waals surface area contributed by atoms with Crippen molar-refractivity contribution in [1.82, 2.24) is 14.9 Å². The number of ether oxygens (including phenoxy) is 1. The molecule has 0 saturated carbocycles. The van der Waals surface area contributed by atoms with E-state index in [0.717, 1.165) is 51.3 Å². The molecule has 0 aliphatic carbocycles. The summed E-state index contributed by atoms with van der Waals surface area (Å²) in [5.41, 5.74) is 0.00194. The zero-order valence-electron chi connectivity index (χ0n) is 13.1. The highest BCUT2D eigenvalue weighted by atomic mass is 32.1. The molecule has 1 spiro atoms. The van der Waals surface area contributed by atoms with Crippen LogP contribution in [0.4, 0.5) is 5.82 Å². The van der Waals surface area contributed by atoms with Crippen molar-refractivity contribution in [2.75, 3.05) is 25.0 Å². The van der Waals surface area contributed by atoms with Gasteiger partial charge in [0.25, 0.3) is 0 Å². The zero-order valence-corrected chi connectivity index (χ0v) is 14.0. The number of rotatable bonds is 4. The van der Waals surface area contributed by atoms with Crippen LogP contribution in [0.15, 0.2) is 36.0 Å². The molecule has 5 nitrogen and oxygen atoms in total. The summed E-state index contributed by atoms with van der Waals surface area (Å²) in [7, 11) is 0. The first-order valence-corrected chi connectivity index (χ1v) is 9.12. The summed E-state index contributed by atoms with van der Waals surface area (Å²) >= 11 is 1.73. The average Bonchev–Trinajstić information content (AvgIpc) is 3.20. The standard InChI is InChI=1S/C17H22N4OS/c1-2-6-18-15(3-1)20-14-4-9-22-17(11-14)5-8-21(13-17)12-16-19-7-10-23-16/h1-3,6-7,10,14H,4-5,8-9,11-13H2,(H,18,20)/t14-,17-/m1/s1. The quantitative estimate of drug-likeness (QED) is 0.934. The summed E-state index contributed by atoms with van der Waals surface area (Å²) in [5.74, 6) is 0.965. The molecule has 2 fully saturated rings. The van der Waals surface area contributed by atoms with Gasteiger partial charge in [0.15, 0.2) is 0 Å². The minimum absolute atomic E-state index is 0.00194. The number of anilines is 1. The lowest BCUT2D eigenvalue weighted by Crippen LogP contribution is -2.46. The van der Waals surface area contributed by atoms with E-state index in [1.165, 1.54) is 5.01 Å². The Morgan fingerprint density at radius 3 is 3.17 bits per heavy atom. The number of pyridine rings is 1. The topological polar surface area (TPSA) is 50.3 Å². The van der Waals surface area contributed by atoms with E-state index in [2.05, 4.69) is 20.2 Å². The minimum atomic E-state index is 0.00194. The van der Waals surface area contributed by atoms with Crippen LogP contribution in [0, 0.1) is 0 Å². The molecule has 0 aromatic carbocycles. The van der Waals surface area contributed by atoms with Gasteiger partial charge in [0, 0.05) is 43.5 Å². The van der Waals surface area contributed by atoms with Crippen molar-refractivity contribution in [3.8, 4) is 0 Å². The molecule has 0 radical (unpaired) electrons. The predicted octanol–water partition coefficient (Wildman–Crippen LogP) is 2.77. The van der Waals surface area contributed by atoms with Crippen molar-refractivity contribution >= 4 is 17.2 Å². The van der Waals surface area contributed by atoms with Crippen LogP contribution in [0.25, 0.3) is 0 Å². The Bertz CT molecular complexity index is 621. The van der Waals surface area contributed by atoms with Crippen molar-refractivity contribution in [3.63, 3.8) is 0 Å². The van der Waals surface area contributed by atoms with Crippen LogP contribution in [0.1, 0.15) is 24.3 Å². The maximum Gasteiger partial charge on any atom is 0.126 e. The first-order chi connectivity index (χ1) is 11.3. The summed E-state index contributed by atoms with van der Waals surface area (Å²) < 4.78 is 6.22. The highest BCUT2D eigenvalue weighted by Gasteiger charge is 2.43. The van der Waals surface area contributed by atoms with Gasteiger partial charge >= 0.3 is 0 Å². The van der Waals surface area contributed by atoms with Crippen molar-refractivity contribution in [2.24, 2.45) is 0 Å². The van der Waals surface area contributed by atoms with Crippen molar-refractivity contribution in [3.05, 3.63) is 41.0 Å². The van der Waals surface area contributed by atoms with E-state index in [4.69, 9.17) is 4.74 Å². The van der Waals surface area contributed by atoms with Gasteiger partial charge < -0.3 is 10.1 Å². The van der Waals surface area contributed by atoms with Gasteiger partial charge in [0.2, 0.25) is 0 Å². The normalized spacial score (nSPS) is 28.3. The number of hydrogen-bond acceptors (Lipinski definition) is 6. The average molecular weight is 330 g/mol. The molecule has 4 rings (SSSR count). The minimum Gasteiger partial charge on any atom is -0.373 e. The molecule has 2 saturated heterocycles. The van der Waals surface area contributed by atoms with Crippen LogP contribution < -0.4 is 5.32 Å². The van der Waals surface area contributed by atoms with Gasteiger partial charge in [-0.15, -0.1) is 11.3 Å². The van der Waals surface area contributed by atoms with Gasteiger partial charge in [-0.2, -0.15) is 0 Å². The third-order valence-corrected chi connectivity index (χ3v) is 5.51. The molecule has 2 aromatic rings. The SMILES string of the molecule is c1ccc(N[C@@H]2CCO[C@]3(CCN(Cc4nccs4)C3)C2)nc1. The fraction of sp³-hybridized carbons (Fsp3) is 0.529. The van der Waals surface area contributed by atoms with Crippen LogP contribution in [0.3, 0.4) is 0 Å². The highest BCUT2D eigenvalue weighted by molar-refractivity contribution is 7.09. The summed E-state index contributed by atoms with van der Waals surface area (Å²) in [6.07, 6.45) is 6.93. The molecule has 2 aromatic heterocycles. The van der Waals surface area contributed by atoms with E-state index in [1.54, 1.807) is 11.3 Å². The Morgan fingerprint density at radius 1 is 1.35 bits per heavy atom. The molecule has 4 heterocycles. The molecule has 1 N–H and O–H groups in total. The number of hydrogen-bond donors (Lipinski definition) is 1. The Kier molecular flexibility index (Phi) is 4.29. The number of thiazole rings is 1. The Hall–Kier alpha value is -1.50. The van der Waals surface area contributed by atoms with E-state index in [0.29, 0.717) is 6.04 Å². The second kappa shape index (κ2) is 6.55. The van der Waals surface area contributed by atoms with Gasteiger partial charge in [0.1, 0.15) is 10.8 Å². The second-order valence-corrected chi connectivity index (χ2v) is 7.45. The van der Waals surface area contributed by atoms with Gasteiger partial charge in [-0.25, -0.2) is 9.97 Å². The summed E-state index contributed by atoms with van der Waals surface area (Å²) in [6.45, 7) is 3.87. The summed E-state index contributed by atoms with van der Waals surface area (Å²) in [6, 6.07) is 6.45. The maximum atomic E-state index is 6.22. The van der Waals surface area contributed by atoms with Gasteiger partial charge in [-0.1, -0.05) is 6.07 Å². The molecular formula is C17H22N4OS. The lowest BCUT2D eigenvalue weighted by molar-refractivity contribution is -0.0737. The summed E-state index contributed by atoms with van der Waals surface area (Å²) in [4.78, 5) is 11.3. The van der Waals surface area contributed by atoms with Crippen LogP contribution in [0.2, 0.25) is 0 Å². The number of nitrogens with zero attached hydrogens (tertiary/aromatic N) is 3. The highest BCUT2D eigenvalue weighted by Crippen LogP contribution is 2.35. The molecule has 0 unspecified atom stereocenters. The third-order valence-electron chi connectivity index (χ3n) is 4.75. The molecule has 2 aliphatic rings. The predicted molar refractivity (Wildman–Crippen MR) is 91.6 cm³/mol. The van der Waals surface area contributed by atoms with Crippen LogP contribution >= 0.6 is 11.3 Å². The van der Waals surface area contributed by atoms with E-state index in [9.17, 15) is 0 Å². The summed E-state index contributed by atoms with van der Waals surface area (Å²) in [5, 5.41) is 6.81. The Balaban J connectivity index is 1.37. The molecule has 0 amide bonds. The van der Waals surface area contributed by atoms with E-state index in [-0.39, 0.29) is 5.60 Å². The first-order valence-electron chi connectivity index (χ1n) is 8.24. The monoisotopic (exact) mass is 330 g/mol. The molecule has 0 bridgehead atoms. The Morgan fingerprint density at radius 2 is 2.35 bits per heavy atom. The smallest absolute Gasteiger partial charge is 0.126 e. The van der Waals surface area contributed by atoms with Gasteiger partial charge in [0.05, 0.1) is 12.1 Å².